The fourth-order valence-electron chi connectivity index (χ4n) is 1.55. The zero-order chi connectivity index (χ0) is 13.8. The van der Waals surface area contributed by atoms with Gasteiger partial charge >= 0.3 is 0 Å². The van der Waals surface area contributed by atoms with E-state index < -0.39 is 5.91 Å². The van der Waals surface area contributed by atoms with Gasteiger partial charge in [-0.2, -0.15) is 0 Å². The van der Waals surface area contributed by atoms with Crippen LogP contribution in [0.1, 0.15) is 15.9 Å². The molecule has 0 radical (unpaired) electrons. The van der Waals surface area contributed by atoms with E-state index in [4.69, 9.17) is 16.2 Å². The number of hydrogen-bond donors (Lipinski definition) is 2. The molecule has 0 atom stereocenters. The summed E-state index contributed by atoms with van der Waals surface area (Å²) in [5.74, 6) is -0.0484. The Morgan fingerprint density at radius 3 is 2.47 bits per heavy atom. The number of anilines is 1. The number of rotatable bonds is 4. The molecule has 0 aliphatic carbocycles. The average Bonchev–Trinajstić information content (AvgIpc) is 2.39. The van der Waals surface area contributed by atoms with Gasteiger partial charge in [-0.05, 0) is 35.9 Å². The van der Waals surface area contributed by atoms with Crippen molar-refractivity contribution in [3.8, 4) is 5.75 Å². The first kappa shape index (κ1) is 13.4. The molecule has 98 valence electrons. The summed E-state index contributed by atoms with van der Waals surface area (Å²) >= 11 is 3.37. The highest BCUT2D eigenvalue weighted by molar-refractivity contribution is 9.10. The van der Waals surface area contributed by atoms with E-state index in [0.29, 0.717) is 23.6 Å². The summed E-state index contributed by atoms with van der Waals surface area (Å²) in [5, 5.41) is 0. The van der Waals surface area contributed by atoms with Crippen LogP contribution in [0.5, 0.6) is 5.75 Å². The third kappa shape index (κ3) is 3.48. The lowest BCUT2D eigenvalue weighted by atomic mass is 10.2. The van der Waals surface area contributed by atoms with Gasteiger partial charge in [0.25, 0.3) is 0 Å². The van der Waals surface area contributed by atoms with Gasteiger partial charge in [0.05, 0.1) is 5.69 Å². The van der Waals surface area contributed by atoms with Gasteiger partial charge in [0.1, 0.15) is 12.4 Å². The Hall–Kier alpha value is -2.01. The quantitative estimate of drug-likeness (QED) is 0.850. The first-order valence-electron chi connectivity index (χ1n) is 5.63. The number of nitrogen functional groups attached to an aromatic ring is 1. The van der Waals surface area contributed by atoms with Crippen LogP contribution in [-0.4, -0.2) is 5.91 Å². The Kier molecular flexibility index (Phi) is 4.06. The van der Waals surface area contributed by atoms with Gasteiger partial charge in [-0.1, -0.05) is 28.1 Å². The Labute approximate surface area is 119 Å². The van der Waals surface area contributed by atoms with Crippen molar-refractivity contribution in [1.29, 1.82) is 0 Å². The maximum absolute atomic E-state index is 11.1. The van der Waals surface area contributed by atoms with Crippen molar-refractivity contribution in [3.63, 3.8) is 0 Å². The Morgan fingerprint density at radius 2 is 1.84 bits per heavy atom. The molecule has 4 nitrogen and oxygen atoms in total. The Bertz CT molecular complexity index is 597. The number of ether oxygens (including phenoxy) is 1. The van der Waals surface area contributed by atoms with Gasteiger partial charge in [-0.25, -0.2) is 0 Å². The molecule has 19 heavy (non-hydrogen) atoms. The molecule has 2 aromatic rings. The van der Waals surface area contributed by atoms with Crippen molar-refractivity contribution >= 4 is 27.5 Å². The van der Waals surface area contributed by atoms with Crippen LogP contribution in [0.2, 0.25) is 0 Å². The van der Waals surface area contributed by atoms with Crippen molar-refractivity contribution in [2.45, 2.75) is 6.61 Å². The minimum atomic E-state index is -0.506. The fourth-order valence-corrected chi connectivity index (χ4v) is 1.82. The molecule has 0 heterocycles. The number of benzene rings is 2. The summed E-state index contributed by atoms with van der Waals surface area (Å²) in [7, 11) is 0. The van der Waals surface area contributed by atoms with Gasteiger partial charge in [0.15, 0.2) is 0 Å². The maximum Gasteiger partial charge on any atom is 0.248 e. The van der Waals surface area contributed by atoms with Crippen molar-refractivity contribution in [2.75, 3.05) is 5.73 Å². The van der Waals surface area contributed by atoms with Crippen LogP contribution in [0.3, 0.4) is 0 Å². The van der Waals surface area contributed by atoms with E-state index in [-0.39, 0.29) is 0 Å². The monoisotopic (exact) mass is 320 g/mol. The Balaban J connectivity index is 2.12. The lowest BCUT2D eigenvalue weighted by molar-refractivity contribution is 0.1000. The number of carbonyl (C=O) groups excluding carboxylic acids is 1. The fraction of sp³-hybridized carbons (Fsp3) is 0.0714. The summed E-state index contributed by atoms with van der Waals surface area (Å²) in [6.07, 6.45) is 0. The van der Waals surface area contributed by atoms with E-state index in [0.717, 1.165) is 10.0 Å². The summed E-state index contributed by atoms with van der Waals surface area (Å²) in [5.41, 5.74) is 12.9. The van der Waals surface area contributed by atoms with Crippen molar-refractivity contribution in [3.05, 3.63) is 58.1 Å². The first-order valence-corrected chi connectivity index (χ1v) is 6.42. The summed E-state index contributed by atoms with van der Waals surface area (Å²) in [6.45, 7) is 0.375. The van der Waals surface area contributed by atoms with Gasteiger partial charge < -0.3 is 16.2 Å². The van der Waals surface area contributed by atoms with Crippen LogP contribution in [0, 0.1) is 0 Å². The third-order valence-corrected chi connectivity index (χ3v) is 3.13. The van der Waals surface area contributed by atoms with Crippen LogP contribution < -0.4 is 16.2 Å². The van der Waals surface area contributed by atoms with Crippen LogP contribution in [0.15, 0.2) is 46.9 Å². The number of primary amides is 1. The topological polar surface area (TPSA) is 78.3 Å². The largest absolute Gasteiger partial charge is 0.487 e. The summed E-state index contributed by atoms with van der Waals surface area (Å²) in [6, 6.07) is 12.5. The molecule has 1 amide bonds. The molecular formula is C14H13BrN2O2. The van der Waals surface area contributed by atoms with Crippen molar-refractivity contribution < 1.29 is 9.53 Å². The lowest BCUT2D eigenvalue weighted by Gasteiger charge is -2.10. The van der Waals surface area contributed by atoms with Gasteiger partial charge in [0, 0.05) is 10.0 Å². The summed E-state index contributed by atoms with van der Waals surface area (Å²) < 4.78 is 6.61. The highest BCUT2D eigenvalue weighted by atomic mass is 79.9. The van der Waals surface area contributed by atoms with Crippen molar-refractivity contribution in [1.82, 2.24) is 0 Å². The average molecular weight is 321 g/mol. The highest BCUT2D eigenvalue weighted by Crippen LogP contribution is 2.24. The normalized spacial score (nSPS) is 10.2. The van der Waals surface area contributed by atoms with Gasteiger partial charge in [-0.15, -0.1) is 0 Å². The maximum atomic E-state index is 11.1. The van der Waals surface area contributed by atoms with Crippen LogP contribution in [0.25, 0.3) is 0 Å². The Morgan fingerprint density at radius 1 is 1.16 bits per heavy atom. The molecule has 0 saturated heterocycles. The molecule has 4 N–H and O–H groups in total. The standard InChI is InChI=1S/C14H13BrN2O2/c15-11-4-1-9(2-5-11)8-19-13-7-10(14(17)18)3-6-12(13)16/h1-7H,8,16H2,(H2,17,18). The molecule has 0 unspecified atom stereocenters. The lowest BCUT2D eigenvalue weighted by Crippen LogP contribution is -2.11. The van der Waals surface area contributed by atoms with E-state index in [1.54, 1.807) is 18.2 Å². The molecule has 0 bridgehead atoms. The van der Waals surface area contributed by atoms with E-state index in [9.17, 15) is 4.79 Å². The summed E-state index contributed by atoms with van der Waals surface area (Å²) in [4.78, 5) is 11.1. The molecular weight excluding hydrogens is 308 g/mol. The van der Waals surface area contributed by atoms with Crippen LogP contribution in [-0.2, 0) is 6.61 Å². The molecule has 0 fully saturated rings. The second kappa shape index (κ2) is 5.75. The number of amides is 1. The molecule has 0 spiro atoms. The van der Waals surface area contributed by atoms with E-state index in [2.05, 4.69) is 15.9 Å². The molecule has 0 saturated carbocycles. The zero-order valence-corrected chi connectivity index (χ0v) is 11.7. The zero-order valence-electron chi connectivity index (χ0n) is 10.1. The van der Waals surface area contributed by atoms with E-state index in [1.807, 2.05) is 24.3 Å². The number of nitrogens with two attached hydrogens (primary N) is 2. The predicted molar refractivity (Wildman–Crippen MR) is 77.8 cm³/mol. The first-order chi connectivity index (χ1) is 9.06. The SMILES string of the molecule is NC(=O)c1ccc(N)c(OCc2ccc(Br)cc2)c1. The number of carbonyl (C=O) groups is 1. The third-order valence-electron chi connectivity index (χ3n) is 2.61. The van der Waals surface area contributed by atoms with Crippen molar-refractivity contribution in [2.24, 2.45) is 5.73 Å². The second-order valence-electron chi connectivity index (χ2n) is 4.03. The smallest absolute Gasteiger partial charge is 0.248 e. The molecule has 0 aliphatic heterocycles. The van der Waals surface area contributed by atoms with E-state index in [1.165, 1.54) is 0 Å². The van der Waals surface area contributed by atoms with E-state index >= 15 is 0 Å². The molecule has 0 aliphatic rings. The molecule has 2 aromatic carbocycles. The number of hydrogen-bond acceptors (Lipinski definition) is 3. The second-order valence-corrected chi connectivity index (χ2v) is 4.95. The van der Waals surface area contributed by atoms with Gasteiger partial charge in [0.2, 0.25) is 5.91 Å². The predicted octanol–water partition coefficient (Wildman–Crippen LogP) is 2.71. The molecule has 0 aromatic heterocycles. The number of halogens is 1. The molecule has 5 heteroatoms. The van der Waals surface area contributed by atoms with Crippen LogP contribution >= 0.6 is 15.9 Å². The minimum absolute atomic E-state index is 0.375. The minimum Gasteiger partial charge on any atom is -0.487 e. The van der Waals surface area contributed by atoms with Crippen LogP contribution in [0.4, 0.5) is 5.69 Å². The van der Waals surface area contributed by atoms with Gasteiger partial charge in [-0.3, -0.25) is 4.79 Å². The molecule has 2 rings (SSSR count). The highest BCUT2D eigenvalue weighted by Gasteiger charge is 2.06.